The molecular weight excluding hydrogens is 344 g/mol. The van der Waals surface area contributed by atoms with E-state index in [1.165, 1.54) is 24.3 Å². The molecule has 2 rings (SSSR count). The second kappa shape index (κ2) is 7.91. The number of rotatable bonds is 6. The molecule has 1 N–H and O–H groups in total. The summed E-state index contributed by atoms with van der Waals surface area (Å²) in [4.78, 5) is 0. The lowest BCUT2D eigenvalue weighted by atomic mass is 10.1. The molecule has 0 radical (unpaired) electrons. The zero-order valence-electron chi connectivity index (χ0n) is 13.2. The molecule has 0 amide bonds. The Morgan fingerprint density at radius 3 is 1.16 bits per heavy atom. The van der Waals surface area contributed by atoms with E-state index in [-0.39, 0.29) is 0 Å². The summed E-state index contributed by atoms with van der Waals surface area (Å²) in [5, 5.41) is 3.13. The lowest BCUT2D eigenvalue weighted by molar-refractivity contribution is -0.138. The van der Waals surface area contributed by atoms with Gasteiger partial charge in [0.2, 0.25) is 0 Å². The van der Waals surface area contributed by atoms with Gasteiger partial charge in [0.1, 0.15) is 0 Å². The molecule has 0 spiro atoms. The van der Waals surface area contributed by atoms with Crippen LogP contribution in [0, 0.1) is 0 Å². The minimum Gasteiger partial charge on any atom is -0.316 e. The summed E-state index contributed by atoms with van der Waals surface area (Å²) >= 11 is 0. The Morgan fingerprint density at radius 2 is 0.880 bits per heavy atom. The van der Waals surface area contributed by atoms with Gasteiger partial charge in [0.25, 0.3) is 0 Å². The molecule has 0 saturated heterocycles. The fraction of sp³-hybridized carbons (Fsp3) is 0.333. The molecule has 0 unspecified atom stereocenters. The zero-order chi connectivity index (χ0) is 18.5. The van der Waals surface area contributed by atoms with Crippen molar-refractivity contribution in [3.63, 3.8) is 0 Å². The summed E-state index contributed by atoms with van der Waals surface area (Å²) in [5.74, 6) is 0. The molecule has 136 valence electrons. The predicted molar refractivity (Wildman–Crippen MR) is 83.2 cm³/mol. The highest BCUT2D eigenvalue weighted by Crippen LogP contribution is 2.29. The Morgan fingerprint density at radius 1 is 0.560 bits per heavy atom. The van der Waals surface area contributed by atoms with Crippen molar-refractivity contribution in [3.8, 4) is 0 Å². The van der Waals surface area contributed by atoms with E-state index in [0.29, 0.717) is 25.9 Å². The van der Waals surface area contributed by atoms with Gasteiger partial charge >= 0.3 is 12.4 Å². The Kier molecular flexibility index (Phi) is 6.11. The molecule has 0 atom stereocenters. The topological polar surface area (TPSA) is 12.0 Å². The minimum atomic E-state index is -4.33. The quantitative estimate of drug-likeness (QED) is 0.558. The van der Waals surface area contributed by atoms with E-state index < -0.39 is 23.5 Å². The smallest absolute Gasteiger partial charge is 0.316 e. The SMILES string of the molecule is FC(F)(F)c1ccc(CCNCCc2ccc(C(F)(F)F)cc2)cc1. The largest absolute Gasteiger partial charge is 0.416 e. The molecule has 0 bridgehead atoms. The summed E-state index contributed by atoms with van der Waals surface area (Å²) in [6.45, 7) is 1.15. The molecule has 0 saturated carbocycles. The molecule has 7 heteroatoms. The van der Waals surface area contributed by atoms with Crippen molar-refractivity contribution < 1.29 is 26.3 Å². The average Bonchev–Trinajstić information content (AvgIpc) is 2.54. The molecule has 0 aliphatic carbocycles. The fourth-order valence-electron chi connectivity index (χ4n) is 2.31. The van der Waals surface area contributed by atoms with Gasteiger partial charge in [-0.15, -0.1) is 0 Å². The average molecular weight is 361 g/mol. The third kappa shape index (κ3) is 6.08. The van der Waals surface area contributed by atoms with Gasteiger partial charge in [0.15, 0.2) is 0 Å². The van der Waals surface area contributed by atoms with Gasteiger partial charge in [-0.2, -0.15) is 26.3 Å². The van der Waals surface area contributed by atoms with Crippen LogP contribution in [-0.2, 0) is 25.2 Å². The first kappa shape index (κ1) is 19.3. The van der Waals surface area contributed by atoms with Crippen LogP contribution in [0.25, 0.3) is 0 Å². The second-order valence-corrected chi connectivity index (χ2v) is 5.64. The molecule has 0 aromatic heterocycles. The van der Waals surface area contributed by atoms with Crippen molar-refractivity contribution in [1.29, 1.82) is 0 Å². The van der Waals surface area contributed by atoms with Gasteiger partial charge in [-0.1, -0.05) is 24.3 Å². The first-order valence-corrected chi connectivity index (χ1v) is 7.69. The van der Waals surface area contributed by atoms with Gasteiger partial charge in [0, 0.05) is 0 Å². The molecule has 2 aromatic carbocycles. The summed E-state index contributed by atoms with van der Waals surface area (Å²) in [7, 11) is 0. The summed E-state index contributed by atoms with van der Waals surface area (Å²) in [6, 6.07) is 9.99. The monoisotopic (exact) mass is 361 g/mol. The summed E-state index contributed by atoms with van der Waals surface area (Å²) in [6.07, 6.45) is -7.52. The molecule has 0 fully saturated rings. The Hall–Kier alpha value is -2.02. The van der Waals surface area contributed by atoms with Gasteiger partial charge in [-0.05, 0) is 61.3 Å². The number of alkyl halides is 6. The van der Waals surface area contributed by atoms with Crippen LogP contribution < -0.4 is 5.32 Å². The van der Waals surface area contributed by atoms with Gasteiger partial charge in [0.05, 0.1) is 11.1 Å². The molecular formula is C18H17F6N. The number of nitrogens with one attached hydrogen (secondary N) is 1. The second-order valence-electron chi connectivity index (χ2n) is 5.64. The van der Waals surface area contributed by atoms with E-state index in [2.05, 4.69) is 5.32 Å². The standard InChI is InChI=1S/C18H17F6N/c19-17(20,21)15-5-1-13(2-6-15)9-11-25-12-10-14-3-7-16(8-4-14)18(22,23)24/h1-8,25H,9-12H2. The summed E-state index contributed by atoms with van der Waals surface area (Å²) < 4.78 is 74.7. The highest BCUT2D eigenvalue weighted by molar-refractivity contribution is 5.25. The van der Waals surface area contributed by atoms with E-state index in [9.17, 15) is 26.3 Å². The lowest BCUT2D eigenvalue weighted by Crippen LogP contribution is -2.20. The maximum absolute atomic E-state index is 12.4. The maximum Gasteiger partial charge on any atom is 0.416 e. The molecule has 1 nitrogen and oxygen atoms in total. The van der Waals surface area contributed by atoms with Crippen molar-refractivity contribution in [1.82, 2.24) is 5.32 Å². The number of halogens is 6. The summed E-state index contributed by atoms with van der Waals surface area (Å²) in [5.41, 5.74) is 0.225. The van der Waals surface area contributed by atoms with E-state index >= 15 is 0 Å². The number of hydrogen-bond donors (Lipinski definition) is 1. The Bertz CT molecular complexity index is 596. The van der Waals surface area contributed by atoms with Crippen LogP contribution in [0.15, 0.2) is 48.5 Å². The van der Waals surface area contributed by atoms with Crippen LogP contribution >= 0.6 is 0 Å². The molecule has 0 heterocycles. The van der Waals surface area contributed by atoms with E-state index in [1.807, 2.05) is 0 Å². The predicted octanol–water partition coefficient (Wildman–Crippen LogP) is 5.10. The van der Waals surface area contributed by atoms with Crippen LogP contribution in [0.2, 0.25) is 0 Å². The van der Waals surface area contributed by atoms with Crippen LogP contribution in [0.1, 0.15) is 22.3 Å². The van der Waals surface area contributed by atoms with Crippen LogP contribution in [0.3, 0.4) is 0 Å². The Labute approximate surface area is 141 Å². The maximum atomic E-state index is 12.4. The normalized spacial score (nSPS) is 12.4. The minimum absolute atomic E-state index is 0.575. The first-order valence-electron chi connectivity index (χ1n) is 7.69. The highest BCUT2D eigenvalue weighted by atomic mass is 19.4. The van der Waals surface area contributed by atoms with Crippen LogP contribution in [-0.4, -0.2) is 13.1 Å². The molecule has 2 aromatic rings. The van der Waals surface area contributed by atoms with Gasteiger partial charge in [-0.3, -0.25) is 0 Å². The fourth-order valence-corrected chi connectivity index (χ4v) is 2.31. The third-order valence-electron chi connectivity index (χ3n) is 3.74. The van der Waals surface area contributed by atoms with Crippen LogP contribution in [0.5, 0.6) is 0 Å². The van der Waals surface area contributed by atoms with Gasteiger partial charge in [-0.25, -0.2) is 0 Å². The van der Waals surface area contributed by atoms with Gasteiger partial charge < -0.3 is 5.32 Å². The lowest BCUT2D eigenvalue weighted by Gasteiger charge is -2.09. The van der Waals surface area contributed by atoms with Crippen molar-refractivity contribution in [2.45, 2.75) is 25.2 Å². The number of hydrogen-bond acceptors (Lipinski definition) is 1. The molecule has 25 heavy (non-hydrogen) atoms. The number of benzene rings is 2. The van der Waals surface area contributed by atoms with E-state index in [4.69, 9.17) is 0 Å². The first-order chi connectivity index (χ1) is 11.7. The Balaban J connectivity index is 1.71. The molecule has 0 aliphatic heterocycles. The van der Waals surface area contributed by atoms with E-state index in [0.717, 1.165) is 35.4 Å². The van der Waals surface area contributed by atoms with Crippen LogP contribution in [0.4, 0.5) is 26.3 Å². The zero-order valence-corrected chi connectivity index (χ0v) is 13.2. The van der Waals surface area contributed by atoms with Crippen molar-refractivity contribution in [2.24, 2.45) is 0 Å². The third-order valence-corrected chi connectivity index (χ3v) is 3.74. The highest BCUT2D eigenvalue weighted by Gasteiger charge is 2.30. The molecule has 0 aliphatic rings. The van der Waals surface area contributed by atoms with Crippen molar-refractivity contribution in [3.05, 3.63) is 70.8 Å². The van der Waals surface area contributed by atoms with Crippen molar-refractivity contribution >= 4 is 0 Å². The van der Waals surface area contributed by atoms with E-state index in [1.54, 1.807) is 0 Å². The van der Waals surface area contributed by atoms with Crippen molar-refractivity contribution in [2.75, 3.05) is 13.1 Å².